The van der Waals surface area contributed by atoms with E-state index >= 15 is 0 Å². The highest BCUT2D eigenvalue weighted by molar-refractivity contribution is 7.99. The molecule has 6 nitrogen and oxygen atoms in total. The summed E-state index contributed by atoms with van der Waals surface area (Å²) in [6.45, 7) is 23.2. The molecule has 0 bridgehead atoms. The van der Waals surface area contributed by atoms with Crippen LogP contribution in [0.2, 0.25) is 10.1 Å². The number of rotatable bonds is 20. The highest BCUT2D eigenvalue weighted by atomic mass is 32.2. The highest BCUT2D eigenvalue weighted by Crippen LogP contribution is 2.39. The van der Waals surface area contributed by atoms with Crippen LogP contribution in [0.3, 0.4) is 0 Å². The first-order valence-electron chi connectivity index (χ1n) is 21.5. The van der Waals surface area contributed by atoms with Crippen LogP contribution in [0.1, 0.15) is 54.4 Å². The van der Waals surface area contributed by atoms with E-state index in [1.165, 1.54) is 20.7 Å². The van der Waals surface area contributed by atoms with Crippen molar-refractivity contribution in [1.82, 2.24) is 19.9 Å². The normalized spacial score (nSPS) is 13.0. The van der Waals surface area contributed by atoms with Gasteiger partial charge in [0.15, 0.2) is 10.3 Å². The summed E-state index contributed by atoms with van der Waals surface area (Å²) in [6, 6.07) is 46.9. The predicted molar refractivity (Wildman–Crippen MR) is 269 cm³/mol. The standard InChI is InChI=1S/2C26H32N2OSSi/c2*1-5-13-22(21-30-25-27-18-12-19-28-25)20-29-31(26(2,3)4,23-14-8-6-9-15-23)24-16-10-7-11-17-24/h2*5-12,14-19,22H,1,13,20-21H2,2-4H3/t2*22-/m10/s1. The molecule has 0 aliphatic carbocycles. The Morgan fingerprint density at radius 3 is 0.984 bits per heavy atom. The number of hydrogen-bond acceptors (Lipinski definition) is 8. The molecule has 6 rings (SSSR count). The summed E-state index contributed by atoms with van der Waals surface area (Å²) in [6.07, 6.45) is 12.9. The number of thioether (sulfide) groups is 2. The average molecular weight is 897 g/mol. The fourth-order valence-electron chi connectivity index (χ4n) is 7.95. The van der Waals surface area contributed by atoms with Gasteiger partial charge in [0.05, 0.1) is 0 Å². The molecule has 0 spiro atoms. The Bertz CT molecular complexity index is 1940. The van der Waals surface area contributed by atoms with Gasteiger partial charge in [-0.15, -0.1) is 13.2 Å². The lowest BCUT2D eigenvalue weighted by Crippen LogP contribution is -2.67. The largest absolute Gasteiger partial charge is 0.407 e. The quantitative estimate of drug-likeness (QED) is 0.0325. The maximum Gasteiger partial charge on any atom is 0.261 e. The smallest absolute Gasteiger partial charge is 0.261 e. The number of benzene rings is 4. The van der Waals surface area contributed by atoms with Crippen LogP contribution in [0, 0.1) is 11.8 Å². The van der Waals surface area contributed by atoms with Gasteiger partial charge in [-0.1, -0.05) is 199 Å². The molecular formula is C52H64N4O2S2Si2. The van der Waals surface area contributed by atoms with Crippen molar-refractivity contribution in [2.75, 3.05) is 24.7 Å². The molecular weight excluding hydrogens is 833 g/mol. The molecule has 2 atom stereocenters. The van der Waals surface area contributed by atoms with E-state index in [1.807, 2.05) is 24.3 Å². The van der Waals surface area contributed by atoms with Crippen LogP contribution in [0.15, 0.2) is 194 Å². The summed E-state index contributed by atoms with van der Waals surface area (Å²) < 4.78 is 14.2. The lowest BCUT2D eigenvalue weighted by atomic mass is 10.1. The van der Waals surface area contributed by atoms with Gasteiger partial charge in [-0.25, -0.2) is 19.9 Å². The Labute approximate surface area is 382 Å². The van der Waals surface area contributed by atoms with E-state index in [2.05, 4.69) is 196 Å². The van der Waals surface area contributed by atoms with Gasteiger partial charge in [-0.2, -0.15) is 0 Å². The van der Waals surface area contributed by atoms with Crippen LogP contribution in [0.25, 0.3) is 0 Å². The molecule has 2 aromatic heterocycles. The third-order valence-electron chi connectivity index (χ3n) is 10.9. The van der Waals surface area contributed by atoms with Crippen molar-refractivity contribution >= 4 is 60.9 Å². The van der Waals surface area contributed by atoms with Crippen molar-refractivity contribution in [3.05, 3.63) is 184 Å². The minimum Gasteiger partial charge on any atom is -0.407 e. The van der Waals surface area contributed by atoms with Crippen LogP contribution in [-0.4, -0.2) is 61.3 Å². The number of hydrogen-bond donors (Lipinski definition) is 0. The van der Waals surface area contributed by atoms with Gasteiger partial charge in [-0.05, 0) is 67.6 Å². The molecule has 0 amide bonds. The van der Waals surface area contributed by atoms with E-state index in [4.69, 9.17) is 8.85 Å². The first-order valence-corrected chi connectivity index (χ1v) is 27.2. The molecule has 0 fully saturated rings. The lowest BCUT2D eigenvalue weighted by molar-refractivity contribution is 0.248. The van der Waals surface area contributed by atoms with E-state index < -0.39 is 16.6 Å². The number of aromatic nitrogens is 4. The molecule has 324 valence electrons. The Hall–Kier alpha value is -4.43. The molecule has 0 saturated carbocycles. The van der Waals surface area contributed by atoms with Crippen molar-refractivity contribution < 1.29 is 8.85 Å². The van der Waals surface area contributed by atoms with Crippen molar-refractivity contribution in [3.8, 4) is 0 Å². The Kier molecular flexibility index (Phi) is 18.7. The van der Waals surface area contributed by atoms with Crippen LogP contribution < -0.4 is 20.7 Å². The summed E-state index contributed by atoms with van der Waals surface area (Å²) in [5.41, 5.74) is 0. The molecule has 6 aromatic rings. The molecule has 0 aliphatic rings. The molecule has 62 heavy (non-hydrogen) atoms. The van der Waals surface area contributed by atoms with Gasteiger partial charge in [-0.3, -0.25) is 0 Å². The summed E-state index contributed by atoms with van der Waals surface area (Å²) in [4.78, 5) is 17.4. The first-order chi connectivity index (χ1) is 29.9. The minimum atomic E-state index is -2.52. The second-order valence-corrected chi connectivity index (χ2v) is 28.0. The van der Waals surface area contributed by atoms with Gasteiger partial charge in [0.2, 0.25) is 0 Å². The SMILES string of the molecule is C=CC[C@@H](CO[Si](c1ccccc1)(c1ccccc1)C(C)(C)C)CSc1ncccn1.C=CC[C@H](CO[Si](c1ccccc1)(c1ccccc1)C(C)(C)C)CSc1ncccn1. The predicted octanol–water partition coefficient (Wildman–Crippen LogP) is 10.7. The van der Waals surface area contributed by atoms with E-state index in [9.17, 15) is 0 Å². The van der Waals surface area contributed by atoms with E-state index in [1.54, 1.807) is 48.3 Å². The van der Waals surface area contributed by atoms with Crippen LogP contribution >= 0.6 is 23.5 Å². The van der Waals surface area contributed by atoms with Gasteiger partial charge < -0.3 is 8.85 Å². The van der Waals surface area contributed by atoms with Crippen molar-refractivity contribution in [3.63, 3.8) is 0 Å². The second kappa shape index (κ2) is 23.9. The average Bonchev–Trinajstić information content (AvgIpc) is 3.29. The van der Waals surface area contributed by atoms with E-state index in [0.717, 1.165) is 34.7 Å². The molecule has 0 aliphatic heterocycles. The summed E-state index contributed by atoms with van der Waals surface area (Å²) in [5.74, 6) is 2.48. The Morgan fingerprint density at radius 2 is 0.742 bits per heavy atom. The monoisotopic (exact) mass is 896 g/mol. The summed E-state index contributed by atoms with van der Waals surface area (Å²) in [7, 11) is -5.05. The van der Waals surface area contributed by atoms with Crippen LogP contribution in [-0.2, 0) is 8.85 Å². The van der Waals surface area contributed by atoms with Crippen molar-refractivity contribution in [2.45, 2.75) is 74.8 Å². The zero-order valence-corrected chi connectivity index (χ0v) is 41.0. The van der Waals surface area contributed by atoms with Crippen LogP contribution in [0.5, 0.6) is 0 Å². The molecule has 0 unspecified atom stereocenters. The molecule has 0 radical (unpaired) electrons. The second-order valence-electron chi connectivity index (χ2n) is 17.4. The van der Waals surface area contributed by atoms with Gasteiger partial charge in [0, 0.05) is 49.5 Å². The third-order valence-corrected chi connectivity index (χ3v) is 23.1. The number of nitrogens with zero attached hydrogens (tertiary/aromatic N) is 4. The maximum atomic E-state index is 7.11. The molecule has 4 aromatic carbocycles. The molecule has 0 N–H and O–H groups in total. The fraction of sp³-hybridized carbons (Fsp3) is 0.308. The number of allylic oxidation sites excluding steroid dienone is 2. The summed E-state index contributed by atoms with van der Waals surface area (Å²) in [5, 5.41) is 6.81. The fourth-order valence-corrected chi connectivity index (χ4v) is 19.0. The highest BCUT2D eigenvalue weighted by Gasteiger charge is 2.51. The van der Waals surface area contributed by atoms with E-state index in [-0.39, 0.29) is 10.1 Å². The lowest BCUT2D eigenvalue weighted by Gasteiger charge is -2.43. The first kappa shape index (κ1) is 48.6. The Balaban J connectivity index is 0.000000234. The minimum absolute atomic E-state index is 0.0237. The van der Waals surface area contributed by atoms with Crippen LogP contribution in [0.4, 0.5) is 0 Å². The Morgan fingerprint density at radius 1 is 0.468 bits per heavy atom. The van der Waals surface area contributed by atoms with Crippen molar-refractivity contribution in [2.24, 2.45) is 11.8 Å². The zero-order valence-electron chi connectivity index (χ0n) is 37.4. The molecule has 10 heteroatoms. The maximum absolute atomic E-state index is 7.11. The van der Waals surface area contributed by atoms with Gasteiger partial charge >= 0.3 is 0 Å². The van der Waals surface area contributed by atoms with Gasteiger partial charge in [0.1, 0.15) is 0 Å². The third kappa shape index (κ3) is 12.8. The van der Waals surface area contributed by atoms with E-state index in [0.29, 0.717) is 25.0 Å². The zero-order chi connectivity index (χ0) is 44.3. The molecule has 0 saturated heterocycles. The summed E-state index contributed by atoms with van der Waals surface area (Å²) >= 11 is 3.37. The van der Waals surface area contributed by atoms with Gasteiger partial charge in [0.25, 0.3) is 16.6 Å². The molecule has 2 heterocycles. The topological polar surface area (TPSA) is 70.0 Å². The van der Waals surface area contributed by atoms with Crippen molar-refractivity contribution in [1.29, 1.82) is 0 Å².